The number of hydrogen-bond donors (Lipinski definition) is 1. The highest BCUT2D eigenvalue weighted by Gasteiger charge is 2.31. The van der Waals surface area contributed by atoms with Gasteiger partial charge in [-0.1, -0.05) is 33.3 Å². The largest absolute Gasteiger partial charge is 0.871 e. The number of fused-ring (bicyclic) bond motifs is 1. The second kappa shape index (κ2) is 8.14. The lowest BCUT2D eigenvalue weighted by Crippen LogP contribution is -3.08. The summed E-state index contributed by atoms with van der Waals surface area (Å²) >= 11 is 10.8. The number of likely N-dealkylation sites (N-methyl/N-ethyl adjacent to an activating group) is 1. The van der Waals surface area contributed by atoms with Crippen molar-refractivity contribution < 1.29 is 19.5 Å². The van der Waals surface area contributed by atoms with Crippen LogP contribution >= 0.6 is 38.9 Å². The molecule has 0 aliphatic carbocycles. The molecule has 5 nitrogen and oxygen atoms in total. The van der Waals surface area contributed by atoms with E-state index in [1.165, 1.54) is 22.5 Å². The number of aliphatic imine (C=N–C) groups is 1. The third-order valence-electron chi connectivity index (χ3n) is 4.30. The van der Waals surface area contributed by atoms with E-state index in [1.54, 1.807) is 12.1 Å². The van der Waals surface area contributed by atoms with Crippen molar-refractivity contribution in [2.45, 2.75) is 39.3 Å². The van der Waals surface area contributed by atoms with E-state index in [1.807, 2.05) is 20.8 Å². The molecule has 2 heterocycles. The van der Waals surface area contributed by atoms with Crippen LogP contribution in [0.1, 0.15) is 47.1 Å². The van der Waals surface area contributed by atoms with Crippen LogP contribution in [-0.4, -0.2) is 31.4 Å². The lowest BCUT2D eigenvalue weighted by molar-refractivity contribution is -0.895. The van der Waals surface area contributed by atoms with Gasteiger partial charge in [0.2, 0.25) is 0 Å². The fourth-order valence-corrected chi connectivity index (χ4v) is 5.17. The smallest absolute Gasteiger partial charge is 0.342 e. The van der Waals surface area contributed by atoms with Crippen LogP contribution < -0.4 is 10.0 Å². The summed E-state index contributed by atoms with van der Waals surface area (Å²) in [6.45, 7) is 7.34. The van der Waals surface area contributed by atoms with E-state index < -0.39 is 5.60 Å². The third-order valence-corrected chi connectivity index (χ3v) is 6.18. The van der Waals surface area contributed by atoms with Crippen molar-refractivity contribution in [2.24, 2.45) is 4.99 Å². The molecule has 0 saturated heterocycles. The van der Waals surface area contributed by atoms with Gasteiger partial charge in [-0.15, -0.1) is 11.3 Å². The summed E-state index contributed by atoms with van der Waals surface area (Å²) in [7, 11) is 2.13. The standard InChI is InChI=1S/C20H22BrClN2O3S/c1-20(2,3)27-19(26)16-13-5-6-24(4)10-15(13)28-18(16)23-9-11-7-12(21)8-14(22)17(11)25/h7-9,25H,5-6,10H2,1-4H3/b23-9+. The second-order valence-corrected chi connectivity index (χ2v) is 10.3. The van der Waals surface area contributed by atoms with Crippen LogP contribution in [0.5, 0.6) is 5.75 Å². The molecule has 0 radical (unpaired) electrons. The van der Waals surface area contributed by atoms with Crippen molar-refractivity contribution in [1.29, 1.82) is 0 Å². The van der Waals surface area contributed by atoms with E-state index in [4.69, 9.17) is 16.3 Å². The summed E-state index contributed by atoms with van der Waals surface area (Å²) in [5, 5.41) is 12.9. The quantitative estimate of drug-likeness (QED) is 0.534. The molecule has 2 aromatic rings. The molecule has 1 aromatic carbocycles. The van der Waals surface area contributed by atoms with Gasteiger partial charge in [-0.05, 0) is 44.0 Å². The van der Waals surface area contributed by atoms with Gasteiger partial charge in [-0.25, -0.2) is 9.79 Å². The summed E-state index contributed by atoms with van der Waals surface area (Å²) < 4.78 is 6.32. The monoisotopic (exact) mass is 484 g/mol. The maximum atomic E-state index is 12.9. The van der Waals surface area contributed by atoms with Crippen molar-refractivity contribution >= 4 is 56.1 Å². The molecule has 1 atom stereocenters. The predicted molar refractivity (Wildman–Crippen MR) is 115 cm³/mol. The van der Waals surface area contributed by atoms with E-state index in [-0.39, 0.29) is 16.7 Å². The van der Waals surface area contributed by atoms with Crippen molar-refractivity contribution in [2.75, 3.05) is 13.6 Å². The molecule has 1 aromatic heterocycles. The molecular formula is C20H22BrClN2O3S. The van der Waals surface area contributed by atoms with Gasteiger partial charge in [0.25, 0.3) is 0 Å². The lowest BCUT2D eigenvalue weighted by atomic mass is 10.0. The Bertz CT molecular complexity index is 950. The number of halogens is 2. The average Bonchev–Trinajstić information content (AvgIpc) is 2.92. The summed E-state index contributed by atoms with van der Waals surface area (Å²) in [6.07, 6.45) is 2.28. The van der Waals surface area contributed by atoms with E-state index >= 15 is 0 Å². The van der Waals surface area contributed by atoms with Gasteiger partial charge in [0, 0.05) is 22.1 Å². The van der Waals surface area contributed by atoms with Crippen molar-refractivity contribution in [3.63, 3.8) is 0 Å². The van der Waals surface area contributed by atoms with Crippen LogP contribution in [0.25, 0.3) is 0 Å². The maximum Gasteiger partial charge on any atom is 0.342 e. The number of carbonyl (C=O) groups excluding carboxylic acids is 1. The predicted octanol–water partition coefficient (Wildman–Crippen LogP) is 3.51. The van der Waals surface area contributed by atoms with Crippen LogP contribution in [0.2, 0.25) is 5.02 Å². The minimum absolute atomic E-state index is 0.124. The summed E-state index contributed by atoms with van der Waals surface area (Å²) in [5.41, 5.74) is 1.31. The van der Waals surface area contributed by atoms with Gasteiger partial charge >= 0.3 is 5.97 Å². The number of esters is 1. The first-order chi connectivity index (χ1) is 13.0. The fourth-order valence-electron chi connectivity index (χ4n) is 3.04. The van der Waals surface area contributed by atoms with Crippen LogP contribution in [0.4, 0.5) is 5.00 Å². The van der Waals surface area contributed by atoms with Gasteiger partial charge in [-0.3, -0.25) is 0 Å². The molecular weight excluding hydrogens is 464 g/mol. The minimum atomic E-state index is -0.594. The van der Waals surface area contributed by atoms with Crippen LogP contribution in [-0.2, 0) is 17.7 Å². The zero-order chi connectivity index (χ0) is 20.6. The van der Waals surface area contributed by atoms with Gasteiger partial charge < -0.3 is 14.7 Å². The van der Waals surface area contributed by atoms with Gasteiger partial charge in [0.05, 0.1) is 18.5 Å². The number of nitrogens with zero attached hydrogens (tertiary/aromatic N) is 1. The Balaban J connectivity index is 2.04. The van der Waals surface area contributed by atoms with E-state index in [2.05, 4.69) is 28.0 Å². The molecule has 0 amide bonds. The number of hydrogen-bond acceptors (Lipinski definition) is 5. The van der Waals surface area contributed by atoms with E-state index in [9.17, 15) is 9.90 Å². The molecule has 150 valence electrons. The van der Waals surface area contributed by atoms with Crippen molar-refractivity contribution in [3.8, 4) is 5.75 Å². The minimum Gasteiger partial charge on any atom is -0.871 e. The number of quaternary nitrogens is 1. The SMILES string of the molecule is C[NH+]1CCc2c(sc(/N=C/c3cc(Br)cc(Cl)c3[O-])c2C(=O)OC(C)(C)C)C1. The lowest BCUT2D eigenvalue weighted by Gasteiger charge is -2.22. The highest BCUT2D eigenvalue weighted by Crippen LogP contribution is 2.38. The molecule has 1 unspecified atom stereocenters. The first kappa shape index (κ1) is 21.3. The Kier molecular flexibility index (Phi) is 6.20. The zero-order valence-electron chi connectivity index (χ0n) is 16.2. The van der Waals surface area contributed by atoms with Crippen LogP contribution in [0, 0.1) is 0 Å². The summed E-state index contributed by atoms with van der Waals surface area (Å²) in [5.74, 6) is -0.663. The Morgan fingerprint density at radius 1 is 1.43 bits per heavy atom. The van der Waals surface area contributed by atoms with Crippen molar-refractivity contribution in [1.82, 2.24) is 0 Å². The highest BCUT2D eigenvalue weighted by molar-refractivity contribution is 9.10. The van der Waals surface area contributed by atoms with Gasteiger partial charge in [0.1, 0.15) is 22.7 Å². The topological polar surface area (TPSA) is 66.2 Å². The Hall–Kier alpha value is -1.41. The molecule has 28 heavy (non-hydrogen) atoms. The maximum absolute atomic E-state index is 12.9. The Morgan fingerprint density at radius 3 is 2.82 bits per heavy atom. The van der Waals surface area contributed by atoms with Gasteiger partial charge in [-0.2, -0.15) is 0 Å². The number of thiophene rings is 1. The van der Waals surface area contributed by atoms with Crippen LogP contribution in [0.3, 0.4) is 0 Å². The Labute approximate surface area is 182 Å². The molecule has 1 aliphatic heterocycles. The molecule has 0 spiro atoms. The number of nitrogens with one attached hydrogen (secondary N) is 1. The second-order valence-electron chi connectivity index (χ2n) is 7.88. The average molecular weight is 486 g/mol. The van der Waals surface area contributed by atoms with E-state index in [0.717, 1.165) is 30.0 Å². The normalized spacial score (nSPS) is 17.0. The number of ether oxygens (including phenoxy) is 1. The first-order valence-corrected chi connectivity index (χ1v) is 10.9. The molecule has 0 saturated carbocycles. The van der Waals surface area contributed by atoms with Gasteiger partial charge in [0.15, 0.2) is 0 Å². The molecule has 8 heteroatoms. The molecule has 3 rings (SSSR count). The fraction of sp³-hybridized carbons (Fsp3) is 0.400. The van der Waals surface area contributed by atoms with Crippen LogP contribution in [0.15, 0.2) is 21.6 Å². The van der Waals surface area contributed by atoms with Crippen molar-refractivity contribution in [3.05, 3.63) is 43.2 Å². The molecule has 0 fully saturated rings. The summed E-state index contributed by atoms with van der Waals surface area (Å²) in [6, 6.07) is 3.21. The highest BCUT2D eigenvalue weighted by atomic mass is 79.9. The molecule has 1 N–H and O–H groups in total. The third kappa shape index (κ3) is 4.76. The zero-order valence-corrected chi connectivity index (χ0v) is 19.3. The molecule has 1 aliphatic rings. The number of carbonyl (C=O) groups is 1. The first-order valence-electron chi connectivity index (χ1n) is 8.94. The summed E-state index contributed by atoms with van der Waals surface area (Å²) in [4.78, 5) is 19.9. The number of rotatable bonds is 3. The Morgan fingerprint density at radius 2 is 2.14 bits per heavy atom. The number of benzene rings is 1. The molecule has 0 bridgehead atoms. The van der Waals surface area contributed by atoms with E-state index in [0.29, 0.717) is 20.6 Å².